The summed E-state index contributed by atoms with van der Waals surface area (Å²) in [6.45, 7) is 0. The van der Waals surface area contributed by atoms with Crippen molar-refractivity contribution in [3.05, 3.63) is 17.3 Å². The van der Waals surface area contributed by atoms with Crippen LogP contribution in [0, 0.1) is 0 Å². The monoisotopic (exact) mass is 215 g/mol. The fourth-order valence-corrected chi connectivity index (χ4v) is 1.62. The molecular weight excluding hydrogens is 206 g/mol. The lowest BCUT2D eigenvalue weighted by Crippen LogP contribution is -1.97. The van der Waals surface area contributed by atoms with Gasteiger partial charge < -0.3 is 4.74 Å². The number of aromatic nitrogens is 1. The Bertz CT molecular complexity index is 314. The molecule has 0 N–H and O–H groups in total. The zero-order valence-electron chi connectivity index (χ0n) is 7.29. The van der Waals surface area contributed by atoms with E-state index in [-0.39, 0.29) is 0 Å². The van der Waals surface area contributed by atoms with E-state index in [9.17, 15) is 0 Å². The minimum atomic E-state index is 0.374. The highest BCUT2D eigenvalue weighted by Crippen LogP contribution is 2.32. The van der Waals surface area contributed by atoms with E-state index in [4.69, 9.17) is 16.3 Å². The van der Waals surface area contributed by atoms with Gasteiger partial charge in [0.15, 0.2) is 5.75 Å². The number of ether oxygens (including phenoxy) is 1. The summed E-state index contributed by atoms with van der Waals surface area (Å²) >= 11 is 7.58. The van der Waals surface area contributed by atoms with Crippen LogP contribution in [-0.2, 0) is 0 Å². The van der Waals surface area contributed by atoms with Crippen LogP contribution >= 0.6 is 23.4 Å². The molecule has 1 aromatic rings. The quantitative estimate of drug-likeness (QED) is 0.724. The van der Waals surface area contributed by atoms with Crippen LogP contribution in [0.4, 0.5) is 0 Å². The lowest BCUT2D eigenvalue weighted by atomic mass is 10.4. The van der Waals surface area contributed by atoms with Crippen LogP contribution in [0.25, 0.3) is 0 Å². The van der Waals surface area contributed by atoms with Crippen molar-refractivity contribution in [3.63, 3.8) is 0 Å². The van der Waals surface area contributed by atoms with Crippen LogP contribution < -0.4 is 4.74 Å². The standard InChI is InChI=1S/C9H10ClNOS/c1-13-9-4-7(10)8(5-11-9)12-6-2-3-6/h4-6H,2-3H2,1H3. The van der Waals surface area contributed by atoms with E-state index in [2.05, 4.69) is 4.98 Å². The molecule has 1 fully saturated rings. The summed E-state index contributed by atoms with van der Waals surface area (Å²) in [5, 5.41) is 1.58. The van der Waals surface area contributed by atoms with Crippen molar-refractivity contribution >= 4 is 23.4 Å². The third-order valence-corrected chi connectivity index (χ3v) is 2.76. The van der Waals surface area contributed by atoms with Crippen molar-refractivity contribution in [1.82, 2.24) is 4.98 Å². The third kappa shape index (κ3) is 2.29. The van der Waals surface area contributed by atoms with Crippen LogP contribution in [-0.4, -0.2) is 17.3 Å². The third-order valence-electron chi connectivity index (χ3n) is 1.82. The maximum atomic E-state index is 6.00. The van der Waals surface area contributed by atoms with Crippen molar-refractivity contribution in [2.24, 2.45) is 0 Å². The van der Waals surface area contributed by atoms with E-state index >= 15 is 0 Å². The molecule has 2 rings (SSSR count). The molecule has 0 unspecified atom stereocenters. The molecule has 70 valence electrons. The average Bonchev–Trinajstić information content (AvgIpc) is 2.92. The molecule has 1 aliphatic rings. The maximum absolute atomic E-state index is 6.00. The number of pyridine rings is 1. The molecule has 0 saturated heterocycles. The van der Waals surface area contributed by atoms with E-state index in [1.54, 1.807) is 18.0 Å². The Morgan fingerprint density at radius 2 is 2.38 bits per heavy atom. The number of hydrogen-bond acceptors (Lipinski definition) is 3. The Morgan fingerprint density at radius 1 is 1.62 bits per heavy atom. The molecule has 0 amide bonds. The van der Waals surface area contributed by atoms with Crippen LogP contribution in [0.1, 0.15) is 12.8 Å². The lowest BCUT2D eigenvalue weighted by molar-refractivity contribution is 0.302. The van der Waals surface area contributed by atoms with Gasteiger partial charge >= 0.3 is 0 Å². The van der Waals surface area contributed by atoms with E-state index in [1.807, 2.05) is 12.3 Å². The molecule has 1 aromatic heterocycles. The first kappa shape index (κ1) is 9.16. The first-order chi connectivity index (χ1) is 6.29. The molecule has 0 atom stereocenters. The Labute approximate surface area is 86.6 Å². The summed E-state index contributed by atoms with van der Waals surface area (Å²) in [6.07, 6.45) is 6.33. The van der Waals surface area contributed by atoms with Crippen LogP contribution in [0.3, 0.4) is 0 Å². The van der Waals surface area contributed by atoms with Gasteiger partial charge in [0.2, 0.25) is 0 Å². The van der Waals surface area contributed by atoms with Gasteiger partial charge in [0, 0.05) is 0 Å². The number of nitrogens with zero attached hydrogens (tertiary/aromatic N) is 1. The average molecular weight is 216 g/mol. The zero-order chi connectivity index (χ0) is 9.26. The van der Waals surface area contributed by atoms with Crippen molar-refractivity contribution in [2.75, 3.05) is 6.26 Å². The highest BCUT2D eigenvalue weighted by atomic mass is 35.5. The predicted octanol–water partition coefficient (Wildman–Crippen LogP) is 3.00. The lowest BCUT2D eigenvalue weighted by Gasteiger charge is -2.06. The number of thioether (sulfide) groups is 1. The number of rotatable bonds is 3. The van der Waals surface area contributed by atoms with Crippen LogP contribution in [0.15, 0.2) is 17.3 Å². The van der Waals surface area contributed by atoms with Gasteiger partial charge in [-0.05, 0) is 25.2 Å². The summed E-state index contributed by atoms with van der Waals surface area (Å²) in [7, 11) is 0. The molecule has 0 aromatic carbocycles. The minimum absolute atomic E-state index is 0.374. The summed E-state index contributed by atoms with van der Waals surface area (Å²) in [5.74, 6) is 0.710. The van der Waals surface area contributed by atoms with Crippen LogP contribution in [0.2, 0.25) is 5.02 Å². The number of halogens is 1. The van der Waals surface area contributed by atoms with Crippen LogP contribution in [0.5, 0.6) is 5.75 Å². The van der Waals surface area contributed by atoms with Gasteiger partial charge in [-0.2, -0.15) is 0 Å². The first-order valence-corrected chi connectivity index (χ1v) is 5.76. The second-order valence-electron chi connectivity index (χ2n) is 2.97. The highest BCUT2D eigenvalue weighted by Gasteiger charge is 2.24. The van der Waals surface area contributed by atoms with E-state index < -0.39 is 0 Å². The Balaban J connectivity index is 2.15. The largest absolute Gasteiger partial charge is 0.487 e. The van der Waals surface area contributed by atoms with Crippen molar-refractivity contribution in [1.29, 1.82) is 0 Å². The highest BCUT2D eigenvalue weighted by molar-refractivity contribution is 7.98. The van der Waals surface area contributed by atoms with Crippen molar-refractivity contribution < 1.29 is 4.74 Å². The Hall–Kier alpha value is -0.410. The van der Waals surface area contributed by atoms with Gasteiger partial charge in [0.25, 0.3) is 0 Å². The smallest absolute Gasteiger partial charge is 0.156 e. The molecule has 0 aliphatic heterocycles. The first-order valence-electron chi connectivity index (χ1n) is 4.16. The molecule has 4 heteroatoms. The SMILES string of the molecule is CSc1cc(Cl)c(OC2CC2)cn1. The molecule has 2 nitrogen and oxygen atoms in total. The minimum Gasteiger partial charge on any atom is -0.487 e. The zero-order valence-corrected chi connectivity index (χ0v) is 8.86. The Morgan fingerprint density at radius 3 is 2.92 bits per heavy atom. The summed E-state index contributed by atoms with van der Waals surface area (Å²) in [5.41, 5.74) is 0. The molecular formula is C9H10ClNOS. The van der Waals surface area contributed by atoms with Gasteiger partial charge in [-0.15, -0.1) is 11.8 Å². The maximum Gasteiger partial charge on any atom is 0.156 e. The normalized spacial score (nSPS) is 15.8. The van der Waals surface area contributed by atoms with Gasteiger partial charge in [-0.3, -0.25) is 0 Å². The molecule has 0 bridgehead atoms. The summed E-state index contributed by atoms with van der Waals surface area (Å²) in [4.78, 5) is 4.19. The van der Waals surface area contributed by atoms with Crippen molar-refractivity contribution in [3.8, 4) is 5.75 Å². The van der Waals surface area contributed by atoms with E-state index in [1.165, 1.54) is 0 Å². The van der Waals surface area contributed by atoms with Gasteiger partial charge in [0.05, 0.1) is 22.3 Å². The molecule has 1 saturated carbocycles. The molecule has 0 radical (unpaired) electrons. The number of hydrogen-bond donors (Lipinski definition) is 0. The van der Waals surface area contributed by atoms with Gasteiger partial charge in [-0.25, -0.2) is 4.98 Å². The topological polar surface area (TPSA) is 22.1 Å². The fraction of sp³-hybridized carbons (Fsp3) is 0.444. The van der Waals surface area contributed by atoms with Crippen molar-refractivity contribution in [2.45, 2.75) is 24.0 Å². The predicted molar refractivity (Wildman–Crippen MR) is 54.7 cm³/mol. The molecule has 13 heavy (non-hydrogen) atoms. The Kier molecular flexibility index (Phi) is 2.65. The fourth-order valence-electron chi connectivity index (χ4n) is 0.965. The second-order valence-corrected chi connectivity index (χ2v) is 4.21. The van der Waals surface area contributed by atoms with E-state index in [0.29, 0.717) is 16.9 Å². The van der Waals surface area contributed by atoms with Gasteiger partial charge in [0.1, 0.15) is 0 Å². The molecule has 1 aliphatic carbocycles. The summed E-state index contributed by atoms with van der Waals surface area (Å²) in [6, 6.07) is 1.84. The second kappa shape index (κ2) is 3.76. The van der Waals surface area contributed by atoms with E-state index in [0.717, 1.165) is 17.9 Å². The molecule has 1 heterocycles. The van der Waals surface area contributed by atoms with Gasteiger partial charge in [-0.1, -0.05) is 11.6 Å². The molecule has 0 spiro atoms. The summed E-state index contributed by atoms with van der Waals surface area (Å²) < 4.78 is 5.55.